The van der Waals surface area contributed by atoms with Crippen molar-refractivity contribution in [2.24, 2.45) is 11.8 Å². The van der Waals surface area contributed by atoms with Crippen molar-refractivity contribution in [2.45, 2.75) is 76.6 Å². The van der Waals surface area contributed by atoms with Crippen molar-refractivity contribution in [2.75, 3.05) is 27.4 Å². The number of nitrogens with zero attached hydrogens (tertiary/aromatic N) is 1. The summed E-state index contributed by atoms with van der Waals surface area (Å²) in [6, 6.07) is 10.8. The number of aromatic hydroxyl groups is 1. The van der Waals surface area contributed by atoms with E-state index in [-0.39, 0.29) is 37.0 Å². The van der Waals surface area contributed by atoms with Crippen LogP contribution in [0.1, 0.15) is 50.7 Å². The van der Waals surface area contributed by atoms with Gasteiger partial charge in [0.1, 0.15) is 29.6 Å². The van der Waals surface area contributed by atoms with Gasteiger partial charge >= 0.3 is 5.97 Å². The first-order valence-corrected chi connectivity index (χ1v) is 17.2. The van der Waals surface area contributed by atoms with Crippen molar-refractivity contribution in [3.8, 4) is 11.5 Å². The molecule has 12 heteroatoms. The second-order valence-corrected chi connectivity index (χ2v) is 12.9. The van der Waals surface area contributed by atoms with E-state index >= 15 is 0 Å². The molecule has 50 heavy (non-hydrogen) atoms. The number of allylic oxidation sites excluding steroid dienone is 3. The standard InChI is InChI=1S/C38H50N4O8/c1-25-12-8-6-5-7-9-21-50-38(47)31-15-11-20-42(41-31)37(46)33(24-28-13-10-14-29(43)22-28)40-36(45)32(39-35(44)26(2)34(25)49-4)23-27-16-18-30(48-3)19-17-27/h5-8,10,13-14,16-19,22,25-26,31-34,41,43H,9,11-12,15,20-21,23-24H2,1-4H3,(H,39,44)(H,40,45)/b7-5+,8-6+. The van der Waals surface area contributed by atoms with Crippen LogP contribution in [0, 0.1) is 11.8 Å². The van der Waals surface area contributed by atoms with E-state index in [1.54, 1.807) is 45.4 Å². The Balaban J connectivity index is 1.68. The molecule has 6 unspecified atom stereocenters. The number of carbonyl (C=O) groups is 4. The van der Waals surface area contributed by atoms with E-state index in [2.05, 4.69) is 16.1 Å². The average molecular weight is 691 g/mol. The third kappa shape index (κ3) is 10.9. The molecule has 2 aromatic rings. The number of rotatable bonds is 6. The Morgan fingerprint density at radius 3 is 2.34 bits per heavy atom. The molecule has 0 radical (unpaired) electrons. The number of carbonyl (C=O) groups excluding carboxylic acids is 4. The number of methoxy groups -OCH3 is 2. The van der Waals surface area contributed by atoms with E-state index in [9.17, 15) is 24.3 Å². The summed E-state index contributed by atoms with van der Waals surface area (Å²) in [7, 11) is 3.13. The number of hydrogen-bond acceptors (Lipinski definition) is 9. The lowest BCUT2D eigenvalue weighted by atomic mass is 9.89. The van der Waals surface area contributed by atoms with Crippen LogP contribution in [-0.4, -0.2) is 85.4 Å². The molecule has 0 saturated carbocycles. The normalized spacial score (nSPS) is 27.5. The number of ether oxygens (including phenoxy) is 3. The van der Waals surface area contributed by atoms with Gasteiger partial charge in [-0.2, -0.15) is 0 Å². The van der Waals surface area contributed by atoms with Crippen LogP contribution in [0.4, 0.5) is 0 Å². The molecule has 2 aromatic carbocycles. The number of hydrazine groups is 1. The molecule has 0 aromatic heterocycles. The van der Waals surface area contributed by atoms with Crippen LogP contribution in [0.15, 0.2) is 72.8 Å². The topological polar surface area (TPSA) is 156 Å². The molecule has 12 nitrogen and oxygen atoms in total. The second kappa shape index (κ2) is 18.9. The molecule has 4 N–H and O–H groups in total. The van der Waals surface area contributed by atoms with E-state index in [1.165, 1.54) is 17.1 Å². The lowest BCUT2D eigenvalue weighted by molar-refractivity contribution is -0.153. The van der Waals surface area contributed by atoms with Crippen molar-refractivity contribution < 1.29 is 38.5 Å². The predicted molar refractivity (Wildman–Crippen MR) is 188 cm³/mol. The second-order valence-electron chi connectivity index (χ2n) is 12.9. The molecule has 2 bridgehead atoms. The molecule has 6 atom stereocenters. The van der Waals surface area contributed by atoms with Crippen LogP contribution in [0.25, 0.3) is 0 Å². The van der Waals surface area contributed by atoms with Crippen molar-refractivity contribution >= 4 is 23.7 Å². The van der Waals surface area contributed by atoms with Gasteiger partial charge in [0.2, 0.25) is 11.8 Å². The van der Waals surface area contributed by atoms with Gasteiger partial charge in [0.25, 0.3) is 5.91 Å². The highest BCUT2D eigenvalue weighted by Gasteiger charge is 2.36. The van der Waals surface area contributed by atoms with E-state index in [0.29, 0.717) is 43.5 Å². The molecule has 2 aliphatic heterocycles. The largest absolute Gasteiger partial charge is 0.508 e. The number of amides is 3. The Morgan fingerprint density at radius 2 is 1.62 bits per heavy atom. The molecular formula is C38H50N4O8. The molecule has 1 saturated heterocycles. The van der Waals surface area contributed by atoms with Gasteiger partial charge in [0.05, 0.1) is 25.7 Å². The molecule has 3 amide bonds. The first-order valence-electron chi connectivity index (χ1n) is 17.2. The zero-order valence-electron chi connectivity index (χ0n) is 29.3. The van der Waals surface area contributed by atoms with Crippen molar-refractivity contribution in [1.82, 2.24) is 21.1 Å². The van der Waals surface area contributed by atoms with Crippen molar-refractivity contribution in [3.05, 3.63) is 84.0 Å². The Labute approximate surface area is 294 Å². The summed E-state index contributed by atoms with van der Waals surface area (Å²) in [5.74, 6) is -1.81. The highest BCUT2D eigenvalue weighted by Crippen LogP contribution is 2.22. The van der Waals surface area contributed by atoms with Gasteiger partial charge in [-0.25, -0.2) is 5.43 Å². The van der Waals surface area contributed by atoms with Crippen molar-refractivity contribution in [3.63, 3.8) is 0 Å². The Hall–Kier alpha value is -4.68. The van der Waals surface area contributed by atoms with Gasteiger partial charge in [0, 0.05) is 26.5 Å². The average Bonchev–Trinajstić information content (AvgIpc) is 3.11. The van der Waals surface area contributed by atoms with E-state index < -0.39 is 47.9 Å². The monoisotopic (exact) mass is 690 g/mol. The zero-order valence-corrected chi connectivity index (χ0v) is 29.3. The highest BCUT2D eigenvalue weighted by atomic mass is 16.5. The minimum Gasteiger partial charge on any atom is -0.508 e. The third-order valence-corrected chi connectivity index (χ3v) is 9.09. The van der Waals surface area contributed by atoms with Gasteiger partial charge in [-0.15, -0.1) is 0 Å². The van der Waals surface area contributed by atoms with Crippen LogP contribution < -0.4 is 20.8 Å². The summed E-state index contributed by atoms with van der Waals surface area (Å²) < 4.78 is 16.6. The smallest absolute Gasteiger partial charge is 0.324 e. The zero-order chi connectivity index (χ0) is 36.0. The SMILES string of the molecule is COc1ccc(CC2NC(=O)C(C)C(OC)C(C)C/C=C/C=C/CCOC(=O)C3CCCN(N3)C(=O)C(Cc3cccc(O)c3)NC2=O)cc1. The number of hydrogen-bond donors (Lipinski definition) is 4. The maximum absolute atomic E-state index is 14.2. The first-order chi connectivity index (χ1) is 24.1. The maximum Gasteiger partial charge on any atom is 0.324 e. The molecule has 2 heterocycles. The Morgan fingerprint density at radius 1 is 0.900 bits per heavy atom. The summed E-state index contributed by atoms with van der Waals surface area (Å²) in [4.78, 5) is 55.0. The summed E-state index contributed by atoms with van der Waals surface area (Å²) in [5.41, 5.74) is 4.39. The van der Waals surface area contributed by atoms with Crippen LogP contribution >= 0.6 is 0 Å². The lowest BCUT2D eigenvalue weighted by Crippen LogP contribution is -2.62. The van der Waals surface area contributed by atoms with Crippen LogP contribution in [0.5, 0.6) is 11.5 Å². The fourth-order valence-corrected chi connectivity index (χ4v) is 6.29. The fourth-order valence-electron chi connectivity index (χ4n) is 6.29. The fraction of sp³-hybridized carbons (Fsp3) is 0.474. The third-order valence-electron chi connectivity index (χ3n) is 9.09. The number of nitrogens with one attached hydrogen (secondary N) is 3. The van der Waals surface area contributed by atoms with Gasteiger partial charge < -0.3 is 30.0 Å². The molecule has 4 rings (SSSR count). The highest BCUT2D eigenvalue weighted by molar-refractivity contribution is 5.93. The van der Waals surface area contributed by atoms with Crippen molar-refractivity contribution in [1.29, 1.82) is 0 Å². The predicted octanol–water partition coefficient (Wildman–Crippen LogP) is 3.39. The van der Waals surface area contributed by atoms with Gasteiger partial charge in [-0.1, -0.05) is 62.4 Å². The van der Waals surface area contributed by atoms with Gasteiger partial charge in [-0.3, -0.25) is 24.2 Å². The molecule has 270 valence electrons. The van der Waals surface area contributed by atoms with Gasteiger partial charge in [0.15, 0.2) is 0 Å². The summed E-state index contributed by atoms with van der Waals surface area (Å²) >= 11 is 0. The summed E-state index contributed by atoms with van der Waals surface area (Å²) in [6.45, 7) is 4.28. The minimum atomic E-state index is -1.10. The molecule has 0 aliphatic carbocycles. The Bertz CT molecular complexity index is 1510. The van der Waals surface area contributed by atoms with Crippen LogP contribution in [-0.2, 0) is 41.5 Å². The van der Waals surface area contributed by atoms with E-state index in [1.807, 2.05) is 43.4 Å². The molecule has 0 spiro atoms. The summed E-state index contributed by atoms with van der Waals surface area (Å²) in [6.07, 6.45) is 9.66. The lowest BCUT2D eigenvalue weighted by Gasteiger charge is -2.35. The maximum atomic E-state index is 14.2. The first kappa shape index (κ1) is 38.1. The number of phenolic OH excluding ortho intramolecular Hbond substituents is 1. The number of cyclic esters (lactones) is 1. The number of fused-ring (bicyclic) bond motifs is 2. The molecule has 2 aliphatic rings. The van der Waals surface area contributed by atoms with Crippen LogP contribution in [0.2, 0.25) is 0 Å². The number of esters is 1. The molecular weight excluding hydrogens is 640 g/mol. The molecule has 1 fully saturated rings. The van der Waals surface area contributed by atoms with E-state index in [0.717, 1.165) is 5.56 Å². The Kier molecular flexibility index (Phi) is 14.4. The van der Waals surface area contributed by atoms with Crippen LogP contribution in [0.3, 0.4) is 0 Å². The summed E-state index contributed by atoms with van der Waals surface area (Å²) in [5, 5.41) is 17.3. The minimum absolute atomic E-state index is 0.0180. The number of phenols is 1. The number of benzene rings is 2. The van der Waals surface area contributed by atoms with Gasteiger partial charge in [-0.05, 0) is 67.0 Å². The quantitative estimate of drug-likeness (QED) is 0.334. The van der Waals surface area contributed by atoms with E-state index in [4.69, 9.17) is 14.2 Å².